The van der Waals surface area contributed by atoms with Gasteiger partial charge in [0.15, 0.2) is 15.6 Å². The summed E-state index contributed by atoms with van der Waals surface area (Å²) in [4.78, 5) is 11.1. The van der Waals surface area contributed by atoms with Crippen molar-refractivity contribution in [3.05, 3.63) is 0 Å². The summed E-state index contributed by atoms with van der Waals surface area (Å²) in [5, 5.41) is 11.3. The Morgan fingerprint density at radius 1 is 1.33 bits per heavy atom. The number of carbonyl (C=O) groups is 1. The molecule has 1 N–H and O–H groups in total. The van der Waals surface area contributed by atoms with Crippen LogP contribution in [0, 0.1) is 0 Å². The Hall–Kier alpha value is -0.910. The fourth-order valence-corrected chi connectivity index (χ4v) is 2.52. The Balaban J connectivity index is 4.50. The summed E-state index contributed by atoms with van der Waals surface area (Å²) in [5.41, 5.74) is -0.270. The van der Waals surface area contributed by atoms with Crippen LogP contribution in [0.3, 0.4) is 0 Å². The van der Waals surface area contributed by atoms with Gasteiger partial charge in [0.25, 0.3) is 0 Å². The number of unbranched alkanes of at least 4 members (excludes halogenated alkanes) is 1. The van der Waals surface area contributed by atoms with Crippen molar-refractivity contribution in [2.24, 2.45) is 5.16 Å². The lowest BCUT2D eigenvalue weighted by Crippen LogP contribution is -2.25. The molecule has 0 spiro atoms. The smallest absolute Gasteiger partial charge is 0.181 e. The van der Waals surface area contributed by atoms with Crippen LogP contribution in [-0.4, -0.2) is 36.6 Å². The number of sulfone groups is 1. The van der Waals surface area contributed by atoms with Gasteiger partial charge in [0, 0.05) is 6.42 Å². The molecular weight excluding hydrogens is 218 g/mol. The van der Waals surface area contributed by atoms with E-state index in [1.54, 1.807) is 6.92 Å². The van der Waals surface area contributed by atoms with E-state index in [1.165, 1.54) is 0 Å². The Bertz CT molecular complexity index is 332. The highest BCUT2D eigenvalue weighted by molar-refractivity contribution is 7.92. The maximum Gasteiger partial charge on any atom is 0.181 e. The molecule has 0 aromatic heterocycles. The largest absolute Gasteiger partial charge is 0.411 e. The second-order valence-corrected chi connectivity index (χ2v) is 5.45. The van der Waals surface area contributed by atoms with E-state index in [0.29, 0.717) is 6.42 Å². The average Bonchev–Trinajstić information content (AvgIpc) is 2.22. The van der Waals surface area contributed by atoms with E-state index in [2.05, 4.69) is 5.16 Å². The van der Waals surface area contributed by atoms with Crippen LogP contribution in [0.25, 0.3) is 0 Å². The average molecular weight is 235 g/mol. The van der Waals surface area contributed by atoms with Gasteiger partial charge >= 0.3 is 0 Å². The highest BCUT2D eigenvalue weighted by Gasteiger charge is 2.19. The predicted octanol–water partition coefficient (Wildman–Crippen LogP) is 1.01. The third kappa shape index (κ3) is 5.51. The molecule has 0 bridgehead atoms. The van der Waals surface area contributed by atoms with E-state index in [-0.39, 0.29) is 17.9 Å². The zero-order valence-corrected chi connectivity index (χ0v) is 9.88. The molecule has 15 heavy (non-hydrogen) atoms. The van der Waals surface area contributed by atoms with Gasteiger partial charge in [-0.25, -0.2) is 8.42 Å². The first-order chi connectivity index (χ1) is 6.96. The van der Waals surface area contributed by atoms with Crippen molar-refractivity contribution < 1.29 is 18.4 Å². The quantitative estimate of drug-likeness (QED) is 0.405. The molecule has 0 unspecified atom stereocenters. The van der Waals surface area contributed by atoms with E-state index in [0.717, 1.165) is 6.42 Å². The van der Waals surface area contributed by atoms with Gasteiger partial charge in [0.1, 0.15) is 5.71 Å². The van der Waals surface area contributed by atoms with E-state index in [9.17, 15) is 13.2 Å². The van der Waals surface area contributed by atoms with Crippen LogP contribution >= 0.6 is 0 Å². The number of nitrogens with zero attached hydrogens (tertiary/aromatic N) is 1. The lowest BCUT2D eigenvalue weighted by Gasteiger charge is -2.03. The van der Waals surface area contributed by atoms with Crippen LogP contribution in [0.15, 0.2) is 5.16 Å². The molecule has 0 saturated heterocycles. The summed E-state index contributed by atoms with van der Waals surface area (Å²) < 4.78 is 22.9. The first-order valence-corrected chi connectivity index (χ1v) is 6.73. The molecule has 6 heteroatoms. The number of carbonyl (C=O) groups excluding carboxylic acids is 1. The van der Waals surface area contributed by atoms with Crippen molar-refractivity contribution >= 4 is 21.3 Å². The Labute approximate surface area is 90.1 Å². The standard InChI is InChI=1S/C9H17NO4S/c1-3-5-6-15(13,14)7-8(10-12)9(11)4-2/h12H,3-7H2,1-2H3. The highest BCUT2D eigenvalue weighted by Crippen LogP contribution is 2.00. The number of hydrogen-bond acceptors (Lipinski definition) is 5. The molecular formula is C9H17NO4S. The van der Waals surface area contributed by atoms with Crippen LogP contribution in [0.5, 0.6) is 0 Å². The van der Waals surface area contributed by atoms with Crippen molar-refractivity contribution in [1.29, 1.82) is 0 Å². The first kappa shape index (κ1) is 14.1. The number of oxime groups is 1. The van der Waals surface area contributed by atoms with Crippen molar-refractivity contribution in [1.82, 2.24) is 0 Å². The van der Waals surface area contributed by atoms with Crippen LogP contribution in [0.4, 0.5) is 0 Å². The first-order valence-electron chi connectivity index (χ1n) is 4.91. The number of Topliss-reactive ketones (excluding diaryl/α,β-unsaturated/α-hetero) is 1. The SMILES string of the molecule is CCCCS(=O)(=O)CC(=NO)C(=O)CC. The summed E-state index contributed by atoms with van der Waals surface area (Å²) in [7, 11) is -3.32. The van der Waals surface area contributed by atoms with Gasteiger partial charge in [-0.2, -0.15) is 0 Å². The topological polar surface area (TPSA) is 83.8 Å². The molecule has 0 aliphatic heterocycles. The lowest BCUT2D eigenvalue weighted by molar-refractivity contribution is -0.112. The van der Waals surface area contributed by atoms with Crippen LogP contribution in [-0.2, 0) is 14.6 Å². The molecule has 0 aromatic rings. The zero-order valence-electron chi connectivity index (χ0n) is 9.06. The monoisotopic (exact) mass is 235 g/mol. The third-order valence-corrected chi connectivity index (χ3v) is 3.55. The zero-order chi connectivity index (χ0) is 11.9. The maximum atomic E-state index is 11.4. The van der Waals surface area contributed by atoms with Gasteiger partial charge in [0.2, 0.25) is 0 Å². The Morgan fingerprint density at radius 3 is 2.33 bits per heavy atom. The highest BCUT2D eigenvalue weighted by atomic mass is 32.2. The molecule has 0 saturated carbocycles. The maximum absolute atomic E-state index is 11.4. The molecule has 0 aliphatic rings. The molecule has 0 rings (SSSR count). The summed E-state index contributed by atoms with van der Waals surface area (Å²) in [6.45, 7) is 3.47. The van der Waals surface area contributed by atoms with Gasteiger partial charge in [0.05, 0.1) is 11.5 Å². The molecule has 0 atom stereocenters. The van der Waals surface area contributed by atoms with E-state index in [4.69, 9.17) is 5.21 Å². The van der Waals surface area contributed by atoms with Crippen LogP contribution < -0.4 is 0 Å². The normalized spacial score (nSPS) is 12.8. The molecule has 5 nitrogen and oxygen atoms in total. The molecule has 0 fully saturated rings. The van der Waals surface area contributed by atoms with Gasteiger partial charge in [-0.05, 0) is 6.42 Å². The van der Waals surface area contributed by atoms with E-state index < -0.39 is 21.4 Å². The fraction of sp³-hybridized carbons (Fsp3) is 0.778. The van der Waals surface area contributed by atoms with Crippen molar-refractivity contribution in [3.63, 3.8) is 0 Å². The number of hydrogen-bond donors (Lipinski definition) is 1. The molecule has 0 amide bonds. The van der Waals surface area contributed by atoms with Gasteiger partial charge in [-0.15, -0.1) is 0 Å². The summed E-state index contributed by atoms with van der Waals surface area (Å²) in [5.74, 6) is -0.868. The third-order valence-electron chi connectivity index (χ3n) is 1.93. The van der Waals surface area contributed by atoms with E-state index in [1.807, 2.05) is 6.92 Å². The second kappa shape index (κ2) is 6.55. The van der Waals surface area contributed by atoms with Crippen molar-refractivity contribution in [2.45, 2.75) is 33.1 Å². The number of ketones is 1. The van der Waals surface area contributed by atoms with Gasteiger partial charge in [-0.3, -0.25) is 4.79 Å². The molecule has 0 radical (unpaired) electrons. The predicted molar refractivity (Wildman–Crippen MR) is 58.1 cm³/mol. The summed E-state index contributed by atoms with van der Waals surface area (Å²) in [6.07, 6.45) is 1.47. The van der Waals surface area contributed by atoms with Crippen LogP contribution in [0.2, 0.25) is 0 Å². The molecule has 88 valence electrons. The Morgan fingerprint density at radius 2 is 1.93 bits per heavy atom. The fourth-order valence-electron chi connectivity index (χ4n) is 1.01. The molecule has 0 aromatic carbocycles. The van der Waals surface area contributed by atoms with E-state index >= 15 is 0 Å². The van der Waals surface area contributed by atoms with Crippen molar-refractivity contribution in [3.8, 4) is 0 Å². The summed E-state index contributed by atoms with van der Waals surface area (Å²) in [6, 6.07) is 0. The van der Waals surface area contributed by atoms with Gasteiger partial charge in [-0.1, -0.05) is 25.4 Å². The minimum Gasteiger partial charge on any atom is -0.411 e. The Kier molecular flexibility index (Phi) is 6.15. The second-order valence-electron chi connectivity index (χ2n) is 3.27. The molecule has 0 heterocycles. The van der Waals surface area contributed by atoms with Gasteiger partial charge < -0.3 is 5.21 Å². The lowest BCUT2D eigenvalue weighted by atomic mass is 10.2. The minimum absolute atomic E-state index is 0.0273. The van der Waals surface area contributed by atoms with Crippen molar-refractivity contribution in [2.75, 3.05) is 11.5 Å². The van der Waals surface area contributed by atoms with Crippen LogP contribution in [0.1, 0.15) is 33.1 Å². The summed E-state index contributed by atoms with van der Waals surface area (Å²) >= 11 is 0. The number of rotatable bonds is 7. The minimum atomic E-state index is -3.32. The molecule has 0 aliphatic carbocycles.